The summed E-state index contributed by atoms with van der Waals surface area (Å²) in [5, 5.41) is 9.48. The van der Waals surface area contributed by atoms with Gasteiger partial charge in [-0.1, -0.05) is 23.8 Å². The number of sulfonamides is 1. The van der Waals surface area contributed by atoms with Crippen LogP contribution < -0.4 is 5.73 Å². The van der Waals surface area contributed by atoms with Gasteiger partial charge in [0.25, 0.3) is 0 Å². The maximum absolute atomic E-state index is 12.6. The van der Waals surface area contributed by atoms with Gasteiger partial charge >= 0.3 is 0 Å². The molecule has 21 heavy (non-hydrogen) atoms. The first-order valence-corrected chi connectivity index (χ1v) is 8.40. The van der Waals surface area contributed by atoms with Crippen molar-refractivity contribution in [1.29, 1.82) is 0 Å². The molecule has 0 saturated carbocycles. The van der Waals surface area contributed by atoms with E-state index in [9.17, 15) is 13.5 Å². The van der Waals surface area contributed by atoms with Crippen LogP contribution in [0.25, 0.3) is 0 Å². The third kappa shape index (κ3) is 3.36. The minimum Gasteiger partial charge on any atom is -0.395 e. The van der Waals surface area contributed by atoms with Gasteiger partial charge in [0.1, 0.15) is 4.99 Å². The summed E-state index contributed by atoms with van der Waals surface area (Å²) in [6, 6.07) is 3.60. The predicted molar refractivity (Wildman–Crippen MR) is 82.9 cm³/mol. The van der Waals surface area contributed by atoms with E-state index < -0.39 is 16.1 Å². The number of nitrogens with zero attached hydrogens (tertiary/aromatic N) is 1. The number of benzene rings is 1. The molecule has 1 aliphatic heterocycles. The van der Waals surface area contributed by atoms with Crippen molar-refractivity contribution in [1.82, 2.24) is 4.31 Å². The van der Waals surface area contributed by atoms with Crippen LogP contribution in [-0.4, -0.2) is 55.2 Å². The summed E-state index contributed by atoms with van der Waals surface area (Å²) in [7, 11) is -3.76. The minimum absolute atomic E-state index is 0.0350. The Balaban J connectivity index is 2.39. The monoisotopic (exact) mass is 350 g/mol. The van der Waals surface area contributed by atoms with Crippen molar-refractivity contribution in [3.8, 4) is 0 Å². The quantitative estimate of drug-likeness (QED) is 0.761. The number of hydrogen-bond acceptors (Lipinski definition) is 5. The summed E-state index contributed by atoms with van der Waals surface area (Å²) in [5.74, 6) is 0. The molecule has 1 saturated heterocycles. The van der Waals surface area contributed by atoms with Crippen molar-refractivity contribution in [2.45, 2.75) is 10.9 Å². The van der Waals surface area contributed by atoms with Gasteiger partial charge in [-0.15, -0.1) is 0 Å². The highest BCUT2D eigenvalue weighted by atomic mass is 35.5. The summed E-state index contributed by atoms with van der Waals surface area (Å²) in [4.78, 5) is 0.136. The number of nitrogens with two attached hydrogens (primary N) is 1. The van der Waals surface area contributed by atoms with E-state index in [-0.39, 0.29) is 41.3 Å². The molecular formula is C12H15ClN2O4S2. The molecule has 0 spiro atoms. The molecule has 1 aromatic rings. The molecule has 1 fully saturated rings. The van der Waals surface area contributed by atoms with Crippen molar-refractivity contribution in [2.75, 3.05) is 26.4 Å². The Kier molecular flexibility index (Phi) is 5.18. The number of hydrogen-bond donors (Lipinski definition) is 2. The largest absolute Gasteiger partial charge is 0.395 e. The number of rotatable bonds is 4. The molecule has 2 rings (SSSR count). The second-order valence-corrected chi connectivity index (χ2v) is 7.27. The molecule has 1 atom stereocenters. The Hall–Kier alpha value is -0.770. The fraction of sp³-hybridized carbons (Fsp3) is 0.417. The van der Waals surface area contributed by atoms with Gasteiger partial charge < -0.3 is 15.6 Å². The molecule has 9 heteroatoms. The molecule has 1 aromatic carbocycles. The summed E-state index contributed by atoms with van der Waals surface area (Å²) in [6.45, 7) is 0.322. The van der Waals surface area contributed by atoms with Crippen LogP contribution in [0.5, 0.6) is 0 Å². The van der Waals surface area contributed by atoms with Crippen molar-refractivity contribution in [2.24, 2.45) is 5.73 Å². The highest BCUT2D eigenvalue weighted by Crippen LogP contribution is 2.25. The van der Waals surface area contributed by atoms with E-state index in [4.69, 9.17) is 34.3 Å². The Morgan fingerprint density at radius 2 is 2.29 bits per heavy atom. The van der Waals surface area contributed by atoms with Gasteiger partial charge in [0.05, 0.1) is 35.8 Å². The van der Waals surface area contributed by atoms with Crippen LogP contribution in [0, 0.1) is 0 Å². The standard InChI is InChI=1S/C12H15ClN2O4S2/c13-11-5-9(1-2-10(11)12(14)20)21(17,18)15-3-4-19-7-8(15)6-16/h1-2,5,8,16H,3-4,6-7H2,(H2,14,20). The molecule has 0 amide bonds. The van der Waals surface area contributed by atoms with Gasteiger partial charge in [0, 0.05) is 12.1 Å². The first-order valence-electron chi connectivity index (χ1n) is 6.17. The zero-order valence-electron chi connectivity index (χ0n) is 11.0. The maximum atomic E-state index is 12.6. The lowest BCUT2D eigenvalue weighted by molar-refractivity contribution is 0.0109. The van der Waals surface area contributed by atoms with Gasteiger partial charge in [0.2, 0.25) is 10.0 Å². The zero-order valence-corrected chi connectivity index (χ0v) is 13.4. The fourth-order valence-corrected chi connectivity index (χ4v) is 4.28. The molecule has 0 radical (unpaired) electrons. The maximum Gasteiger partial charge on any atom is 0.243 e. The van der Waals surface area contributed by atoms with Crippen LogP contribution in [0.1, 0.15) is 5.56 Å². The number of morpholine rings is 1. The molecule has 1 aliphatic rings. The van der Waals surface area contributed by atoms with E-state index in [1.165, 1.54) is 22.5 Å². The van der Waals surface area contributed by atoms with Crippen LogP contribution in [0.2, 0.25) is 5.02 Å². The number of ether oxygens (including phenoxy) is 1. The van der Waals surface area contributed by atoms with Gasteiger partial charge in [-0.05, 0) is 18.2 Å². The van der Waals surface area contributed by atoms with Crippen molar-refractivity contribution in [3.63, 3.8) is 0 Å². The molecule has 1 unspecified atom stereocenters. The SMILES string of the molecule is NC(=S)c1ccc(S(=O)(=O)N2CCOCC2CO)cc1Cl. The molecule has 0 bridgehead atoms. The van der Waals surface area contributed by atoms with E-state index >= 15 is 0 Å². The Morgan fingerprint density at radius 3 is 2.86 bits per heavy atom. The van der Waals surface area contributed by atoms with Crippen molar-refractivity contribution >= 4 is 38.8 Å². The molecule has 6 nitrogen and oxygen atoms in total. The van der Waals surface area contributed by atoms with E-state index in [1.54, 1.807) is 0 Å². The van der Waals surface area contributed by atoms with E-state index in [0.717, 1.165) is 0 Å². The Morgan fingerprint density at radius 1 is 1.57 bits per heavy atom. The lowest BCUT2D eigenvalue weighted by Crippen LogP contribution is -2.50. The van der Waals surface area contributed by atoms with E-state index in [2.05, 4.69) is 0 Å². The lowest BCUT2D eigenvalue weighted by Gasteiger charge is -2.33. The summed E-state index contributed by atoms with van der Waals surface area (Å²) in [5.41, 5.74) is 5.92. The third-order valence-corrected chi connectivity index (χ3v) is 5.68. The number of aliphatic hydroxyl groups excluding tert-OH is 1. The van der Waals surface area contributed by atoms with E-state index in [1.807, 2.05) is 0 Å². The summed E-state index contributed by atoms with van der Waals surface area (Å²) in [6.07, 6.45) is 0. The van der Waals surface area contributed by atoms with Crippen molar-refractivity contribution < 1.29 is 18.3 Å². The van der Waals surface area contributed by atoms with Gasteiger partial charge in [-0.2, -0.15) is 4.31 Å². The highest BCUT2D eigenvalue weighted by Gasteiger charge is 2.34. The van der Waals surface area contributed by atoms with Crippen LogP contribution in [0.4, 0.5) is 0 Å². The average Bonchev–Trinajstić information content (AvgIpc) is 2.46. The van der Waals surface area contributed by atoms with Crippen LogP contribution in [0.15, 0.2) is 23.1 Å². The van der Waals surface area contributed by atoms with Crippen LogP contribution >= 0.6 is 23.8 Å². The normalized spacial score (nSPS) is 20.4. The van der Waals surface area contributed by atoms with Gasteiger partial charge in [0.15, 0.2) is 0 Å². The fourth-order valence-electron chi connectivity index (χ4n) is 2.09. The molecule has 116 valence electrons. The number of halogens is 1. The lowest BCUT2D eigenvalue weighted by atomic mass is 10.2. The molecule has 3 N–H and O–H groups in total. The highest BCUT2D eigenvalue weighted by molar-refractivity contribution is 7.89. The minimum atomic E-state index is -3.76. The van der Waals surface area contributed by atoms with Gasteiger partial charge in [-0.25, -0.2) is 8.42 Å². The van der Waals surface area contributed by atoms with Crippen LogP contribution in [0.3, 0.4) is 0 Å². The second-order valence-electron chi connectivity index (χ2n) is 4.53. The predicted octanol–water partition coefficient (Wildman–Crippen LogP) is 0.356. The number of thiocarbonyl (C=S) groups is 1. The molecule has 1 heterocycles. The Labute approximate surface area is 133 Å². The van der Waals surface area contributed by atoms with E-state index in [0.29, 0.717) is 5.56 Å². The first kappa shape index (κ1) is 16.6. The third-order valence-electron chi connectivity index (χ3n) is 3.20. The molecular weight excluding hydrogens is 336 g/mol. The number of aliphatic hydroxyl groups is 1. The average molecular weight is 351 g/mol. The first-order chi connectivity index (χ1) is 9.87. The van der Waals surface area contributed by atoms with Crippen molar-refractivity contribution in [3.05, 3.63) is 28.8 Å². The second kappa shape index (κ2) is 6.55. The molecule has 0 aliphatic carbocycles. The van der Waals surface area contributed by atoms with Crippen LogP contribution in [-0.2, 0) is 14.8 Å². The zero-order chi connectivity index (χ0) is 15.6. The van der Waals surface area contributed by atoms with Gasteiger partial charge in [-0.3, -0.25) is 0 Å². The topological polar surface area (TPSA) is 92.9 Å². The Bertz CT molecular complexity index is 651. The summed E-state index contributed by atoms with van der Waals surface area (Å²) < 4.78 is 31.7. The molecule has 0 aromatic heterocycles. The smallest absolute Gasteiger partial charge is 0.243 e. The summed E-state index contributed by atoms with van der Waals surface area (Å²) >= 11 is 10.8.